The van der Waals surface area contributed by atoms with Crippen LogP contribution < -0.4 is 15.5 Å². The van der Waals surface area contributed by atoms with E-state index < -0.39 is 0 Å². The lowest BCUT2D eigenvalue weighted by Gasteiger charge is -2.30. The Morgan fingerprint density at radius 3 is 2.71 bits per heavy atom. The van der Waals surface area contributed by atoms with Crippen LogP contribution in [0.15, 0.2) is 24.3 Å². The van der Waals surface area contributed by atoms with Gasteiger partial charge in [-0.15, -0.1) is 0 Å². The van der Waals surface area contributed by atoms with Gasteiger partial charge in [0, 0.05) is 32.1 Å². The maximum atomic E-state index is 11.7. The molecule has 0 aliphatic carbocycles. The number of ether oxygens (including phenoxy) is 1. The van der Waals surface area contributed by atoms with Crippen LogP contribution in [0.1, 0.15) is 20.3 Å². The van der Waals surface area contributed by atoms with E-state index in [1.165, 1.54) is 5.69 Å². The van der Waals surface area contributed by atoms with Gasteiger partial charge in [-0.05, 0) is 26.0 Å². The highest BCUT2D eigenvalue weighted by atomic mass is 16.5. The standard InChI is InChI=1S/C16H25N3O2/c1-13(2)18-16(20)7-8-17-14-5-3-4-6-15(14)19-9-11-21-12-10-19/h3-6,13,17H,7-12H2,1-2H3,(H,18,20). The number of amides is 1. The third-order valence-corrected chi connectivity index (χ3v) is 3.37. The lowest BCUT2D eigenvalue weighted by atomic mass is 10.2. The molecular weight excluding hydrogens is 266 g/mol. The Labute approximate surface area is 126 Å². The summed E-state index contributed by atoms with van der Waals surface area (Å²) in [6.07, 6.45) is 0.482. The molecule has 0 bridgehead atoms. The van der Waals surface area contributed by atoms with Gasteiger partial charge >= 0.3 is 0 Å². The zero-order chi connectivity index (χ0) is 15.1. The Kier molecular flexibility index (Phi) is 5.87. The number of rotatable bonds is 6. The lowest BCUT2D eigenvalue weighted by Crippen LogP contribution is -2.36. The molecular formula is C16H25N3O2. The molecule has 2 rings (SSSR count). The molecule has 1 heterocycles. The zero-order valence-corrected chi connectivity index (χ0v) is 12.9. The van der Waals surface area contributed by atoms with E-state index in [1.807, 2.05) is 26.0 Å². The van der Waals surface area contributed by atoms with Crippen LogP contribution in [0, 0.1) is 0 Å². The van der Waals surface area contributed by atoms with Crippen molar-refractivity contribution in [3.8, 4) is 0 Å². The molecule has 1 fully saturated rings. The van der Waals surface area contributed by atoms with Crippen molar-refractivity contribution in [2.24, 2.45) is 0 Å². The van der Waals surface area contributed by atoms with Gasteiger partial charge in [0.05, 0.1) is 24.6 Å². The second-order valence-corrected chi connectivity index (χ2v) is 5.52. The summed E-state index contributed by atoms with van der Waals surface area (Å²) >= 11 is 0. The summed E-state index contributed by atoms with van der Waals surface area (Å²) in [6.45, 7) is 7.94. The third-order valence-electron chi connectivity index (χ3n) is 3.37. The summed E-state index contributed by atoms with van der Waals surface area (Å²) in [6, 6.07) is 8.42. The minimum Gasteiger partial charge on any atom is -0.383 e. The van der Waals surface area contributed by atoms with E-state index in [1.54, 1.807) is 0 Å². The fourth-order valence-electron chi connectivity index (χ4n) is 2.41. The zero-order valence-electron chi connectivity index (χ0n) is 12.9. The predicted octanol–water partition coefficient (Wildman–Crippen LogP) is 1.85. The first-order chi connectivity index (χ1) is 10.2. The summed E-state index contributed by atoms with van der Waals surface area (Å²) in [7, 11) is 0. The van der Waals surface area contributed by atoms with Crippen molar-refractivity contribution in [1.82, 2.24) is 5.32 Å². The van der Waals surface area contributed by atoms with E-state index in [2.05, 4.69) is 27.7 Å². The number of carbonyl (C=O) groups excluding carboxylic acids is 1. The first-order valence-corrected chi connectivity index (χ1v) is 7.62. The summed E-state index contributed by atoms with van der Waals surface area (Å²) < 4.78 is 5.40. The molecule has 0 spiro atoms. The molecule has 1 aliphatic heterocycles. The lowest BCUT2D eigenvalue weighted by molar-refractivity contribution is -0.121. The third kappa shape index (κ3) is 4.93. The predicted molar refractivity (Wildman–Crippen MR) is 85.9 cm³/mol. The van der Waals surface area contributed by atoms with Crippen molar-refractivity contribution >= 4 is 17.3 Å². The van der Waals surface area contributed by atoms with Gasteiger partial charge in [-0.25, -0.2) is 0 Å². The molecule has 0 saturated carbocycles. The SMILES string of the molecule is CC(C)NC(=O)CCNc1ccccc1N1CCOCC1. The largest absolute Gasteiger partial charge is 0.383 e. The monoisotopic (exact) mass is 291 g/mol. The van der Waals surface area contributed by atoms with Gasteiger partial charge < -0.3 is 20.3 Å². The van der Waals surface area contributed by atoms with Crippen LogP contribution in [0.25, 0.3) is 0 Å². The van der Waals surface area contributed by atoms with E-state index in [9.17, 15) is 4.79 Å². The van der Waals surface area contributed by atoms with Crippen LogP contribution in [0.2, 0.25) is 0 Å². The van der Waals surface area contributed by atoms with Crippen LogP contribution in [-0.4, -0.2) is 44.8 Å². The van der Waals surface area contributed by atoms with Crippen LogP contribution in [0.4, 0.5) is 11.4 Å². The summed E-state index contributed by atoms with van der Waals surface area (Å²) in [4.78, 5) is 14.0. The van der Waals surface area contributed by atoms with E-state index in [0.717, 1.165) is 32.0 Å². The van der Waals surface area contributed by atoms with Gasteiger partial charge in [-0.1, -0.05) is 12.1 Å². The molecule has 0 radical (unpaired) electrons. The maximum Gasteiger partial charge on any atom is 0.221 e. The number of morpholine rings is 1. The summed E-state index contributed by atoms with van der Waals surface area (Å²) in [5.41, 5.74) is 2.27. The van der Waals surface area contributed by atoms with Gasteiger partial charge in [-0.3, -0.25) is 4.79 Å². The number of hydrogen-bond acceptors (Lipinski definition) is 4. The molecule has 1 saturated heterocycles. The van der Waals surface area contributed by atoms with E-state index >= 15 is 0 Å². The number of anilines is 2. The molecule has 0 unspecified atom stereocenters. The Morgan fingerprint density at radius 2 is 2.00 bits per heavy atom. The van der Waals surface area contributed by atoms with Crippen LogP contribution in [-0.2, 0) is 9.53 Å². The maximum absolute atomic E-state index is 11.7. The first-order valence-electron chi connectivity index (χ1n) is 7.62. The van der Waals surface area contributed by atoms with Crippen molar-refractivity contribution < 1.29 is 9.53 Å². The molecule has 1 aromatic rings. The minimum absolute atomic E-state index is 0.0846. The van der Waals surface area contributed by atoms with Crippen LogP contribution in [0.3, 0.4) is 0 Å². The van der Waals surface area contributed by atoms with E-state index in [0.29, 0.717) is 13.0 Å². The molecule has 0 atom stereocenters. The van der Waals surface area contributed by atoms with Crippen molar-refractivity contribution in [3.05, 3.63) is 24.3 Å². The Balaban J connectivity index is 1.89. The van der Waals surface area contributed by atoms with Crippen molar-refractivity contribution in [3.63, 3.8) is 0 Å². The fourth-order valence-corrected chi connectivity index (χ4v) is 2.41. The highest BCUT2D eigenvalue weighted by Gasteiger charge is 2.14. The average molecular weight is 291 g/mol. The molecule has 1 amide bonds. The van der Waals surface area contributed by atoms with Gasteiger partial charge in [0.2, 0.25) is 5.91 Å². The number of carbonyl (C=O) groups is 1. The van der Waals surface area contributed by atoms with Gasteiger partial charge in [0.15, 0.2) is 0 Å². The molecule has 2 N–H and O–H groups in total. The molecule has 5 heteroatoms. The first kappa shape index (κ1) is 15.6. The second-order valence-electron chi connectivity index (χ2n) is 5.52. The number of hydrogen-bond donors (Lipinski definition) is 2. The Hall–Kier alpha value is -1.75. The number of nitrogens with zero attached hydrogens (tertiary/aromatic N) is 1. The second kappa shape index (κ2) is 7.88. The molecule has 0 aromatic heterocycles. The summed E-state index contributed by atoms with van der Waals surface area (Å²) in [5.74, 6) is 0.0846. The smallest absolute Gasteiger partial charge is 0.221 e. The van der Waals surface area contributed by atoms with Crippen molar-refractivity contribution in [2.45, 2.75) is 26.3 Å². The average Bonchev–Trinajstić information content (AvgIpc) is 2.48. The van der Waals surface area contributed by atoms with Gasteiger partial charge in [0.25, 0.3) is 0 Å². The topological polar surface area (TPSA) is 53.6 Å². The molecule has 1 aromatic carbocycles. The van der Waals surface area contributed by atoms with Gasteiger partial charge in [0.1, 0.15) is 0 Å². The minimum atomic E-state index is 0.0846. The normalized spacial score (nSPS) is 15.1. The van der Waals surface area contributed by atoms with Gasteiger partial charge in [-0.2, -0.15) is 0 Å². The number of nitrogens with one attached hydrogen (secondary N) is 2. The van der Waals surface area contributed by atoms with Crippen LogP contribution in [0.5, 0.6) is 0 Å². The van der Waals surface area contributed by atoms with Crippen molar-refractivity contribution in [1.29, 1.82) is 0 Å². The Bertz CT molecular complexity index is 457. The quantitative estimate of drug-likeness (QED) is 0.840. The highest BCUT2D eigenvalue weighted by Crippen LogP contribution is 2.26. The molecule has 21 heavy (non-hydrogen) atoms. The van der Waals surface area contributed by atoms with Crippen LogP contribution >= 0.6 is 0 Å². The fraction of sp³-hybridized carbons (Fsp3) is 0.562. The number of benzene rings is 1. The molecule has 116 valence electrons. The van der Waals surface area contributed by atoms with E-state index in [4.69, 9.17) is 4.74 Å². The van der Waals surface area contributed by atoms with Crippen molar-refractivity contribution in [2.75, 3.05) is 43.1 Å². The molecule has 5 nitrogen and oxygen atoms in total. The Morgan fingerprint density at radius 1 is 1.29 bits per heavy atom. The van der Waals surface area contributed by atoms with E-state index in [-0.39, 0.29) is 11.9 Å². The molecule has 1 aliphatic rings. The summed E-state index contributed by atoms with van der Waals surface area (Å²) in [5, 5.41) is 6.27. The number of para-hydroxylation sites is 2. The highest BCUT2D eigenvalue weighted by molar-refractivity contribution is 5.77.